The molecule has 2 aromatic rings. The Labute approximate surface area is 167 Å². The number of guanidine groups is 1. The van der Waals surface area contributed by atoms with Gasteiger partial charge in [-0.25, -0.2) is 4.99 Å². The first-order valence-corrected chi connectivity index (χ1v) is 10.1. The van der Waals surface area contributed by atoms with Gasteiger partial charge in [0.25, 0.3) is 0 Å². The van der Waals surface area contributed by atoms with Crippen molar-refractivity contribution in [3.63, 3.8) is 0 Å². The summed E-state index contributed by atoms with van der Waals surface area (Å²) in [6.45, 7) is 9.53. The van der Waals surface area contributed by atoms with Gasteiger partial charge in [-0.05, 0) is 36.2 Å². The summed E-state index contributed by atoms with van der Waals surface area (Å²) in [5.41, 5.74) is 0.326. The number of hydrogen-bond donors (Lipinski definition) is 3. The first-order chi connectivity index (χ1) is 13.6. The second-order valence-corrected chi connectivity index (χ2v) is 7.62. The largest absolute Gasteiger partial charge is 0.387 e. The van der Waals surface area contributed by atoms with Crippen molar-refractivity contribution in [2.45, 2.75) is 26.0 Å². The predicted octanol–water partition coefficient (Wildman–Crippen LogP) is 1.98. The van der Waals surface area contributed by atoms with Crippen LogP contribution in [0.5, 0.6) is 0 Å². The van der Waals surface area contributed by atoms with Crippen molar-refractivity contribution in [2.75, 3.05) is 45.9 Å². The Morgan fingerprint density at radius 3 is 2.64 bits per heavy atom. The fourth-order valence-corrected chi connectivity index (χ4v) is 3.42. The minimum Gasteiger partial charge on any atom is -0.387 e. The highest BCUT2D eigenvalue weighted by Crippen LogP contribution is 2.16. The highest BCUT2D eigenvalue weighted by Gasteiger charge is 2.25. The van der Waals surface area contributed by atoms with E-state index in [-0.39, 0.29) is 0 Å². The standard InChI is InChI=1S/C22H32N4O2/c1-3-23-21(25-16-22(2,27)17-26-10-12-28-13-11-26)24-15-18-8-9-19-6-4-5-7-20(19)14-18/h4-9,14,27H,3,10-13,15-17H2,1-2H3,(H2,23,24,25). The third-order valence-electron chi connectivity index (χ3n) is 4.88. The van der Waals surface area contributed by atoms with Crippen molar-refractivity contribution in [1.82, 2.24) is 15.5 Å². The van der Waals surface area contributed by atoms with Crippen LogP contribution < -0.4 is 10.6 Å². The van der Waals surface area contributed by atoms with Crippen LogP contribution in [0.4, 0.5) is 0 Å². The average Bonchev–Trinajstić information content (AvgIpc) is 2.70. The molecule has 1 saturated heterocycles. The molecule has 3 rings (SSSR count). The van der Waals surface area contributed by atoms with Crippen LogP contribution in [-0.4, -0.2) is 67.5 Å². The van der Waals surface area contributed by atoms with E-state index >= 15 is 0 Å². The molecule has 0 radical (unpaired) electrons. The molecule has 6 heteroatoms. The van der Waals surface area contributed by atoms with Crippen LogP contribution in [0, 0.1) is 0 Å². The van der Waals surface area contributed by atoms with Crippen LogP contribution in [0.1, 0.15) is 19.4 Å². The van der Waals surface area contributed by atoms with Gasteiger partial charge in [-0.15, -0.1) is 0 Å². The molecule has 0 spiro atoms. The molecule has 6 nitrogen and oxygen atoms in total. The summed E-state index contributed by atoms with van der Waals surface area (Å²) in [4.78, 5) is 6.93. The van der Waals surface area contributed by atoms with Crippen LogP contribution in [-0.2, 0) is 11.3 Å². The van der Waals surface area contributed by atoms with Crippen molar-refractivity contribution in [3.8, 4) is 0 Å². The lowest BCUT2D eigenvalue weighted by atomic mass is 10.1. The Bertz CT molecular complexity index is 785. The first kappa shape index (κ1) is 20.6. The lowest BCUT2D eigenvalue weighted by molar-refractivity contribution is -0.0201. The monoisotopic (exact) mass is 384 g/mol. The molecule has 2 aromatic carbocycles. The van der Waals surface area contributed by atoms with Gasteiger partial charge in [-0.2, -0.15) is 0 Å². The van der Waals surface area contributed by atoms with Gasteiger partial charge in [0.1, 0.15) is 0 Å². The minimum absolute atomic E-state index is 0.438. The molecule has 3 N–H and O–H groups in total. The average molecular weight is 385 g/mol. The second kappa shape index (κ2) is 9.87. The molecular weight excluding hydrogens is 352 g/mol. The lowest BCUT2D eigenvalue weighted by Gasteiger charge is -2.34. The van der Waals surface area contributed by atoms with Crippen LogP contribution in [0.25, 0.3) is 10.8 Å². The Kier molecular flexibility index (Phi) is 7.25. The molecule has 1 fully saturated rings. The summed E-state index contributed by atoms with van der Waals surface area (Å²) < 4.78 is 5.38. The number of fused-ring (bicyclic) bond motifs is 1. The number of nitrogens with one attached hydrogen (secondary N) is 2. The molecule has 0 aromatic heterocycles. The van der Waals surface area contributed by atoms with Crippen molar-refractivity contribution < 1.29 is 9.84 Å². The van der Waals surface area contributed by atoms with Crippen LogP contribution >= 0.6 is 0 Å². The molecule has 0 bridgehead atoms. The Morgan fingerprint density at radius 2 is 1.89 bits per heavy atom. The van der Waals surface area contributed by atoms with E-state index in [4.69, 9.17) is 9.73 Å². The normalized spacial score (nSPS) is 18.0. The van der Waals surface area contributed by atoms with E-state index < -0.39 is 5.60 Å². The van der Waals surface area contributed by atoms with Gasteiger partial charge in [0.15, 0.2) is 5.96 Å². The van der Waals surface area contributed by atoms with Gasteiger partial charge >= 0.3 is 0 Å². The number of nitrogens with zero attached hydrogens (tertiary/aromatic N) is 2. The van der Waals surface area contributed by atoms with Crippen molar-refractivity contribution in [3.05, 3.63) is 48.0 Å². The third kappa shape index (κ3) is 6.19. The van der Waals surface area contributed by atoms with E-state index in [1.807, 2.05) is 13.8 Å². The smallest absolute Gasteiger partial charge is 0.191 e. The van der Waals surface area contributed by atoms with E-state index in [1.54, 1.807) is 0 Å². The summed E-state index contributed by atoms with van der Waals surface area (Å²) in [7, 11) is 0. The van der Waals surface area contributed by atoms with Gasteiger partial charge < -0.3 is 20.5 Å². The molecular formula is C22H32N4O2. The lowest BCUT2D eigenvalue weighted by Crippen LogP contribution is -2.52. The Morgan fingerprint density at radius 1 is 1.14 bits per heavy atom. The summed E-state index contributed by atoms with van der Waals surface area (Å²) in [6, 6.07) is 14.8. The van der Waals surface area contributed by atoms with Gasteiger partial charge in [0, 0.05) is 32.7 Å². The Balaban J connectivity index is 1.58. The van der Waals surface area contributed by atoms with Crippen molar-refractivity contribution in [1.29, 1.82) is 0 Å². The predicted molar refractivity (Wildman–Crippen MR) is 115 cm³/mol. The fourth-order valence-electron chi connectivity index (χ4n) is 3.42. The number of hydrogen-bond acceptors (Lipinski definition) is 4. The molecule has 1 aliphatic heterocycles. The highest BCUT2D eigenvalue weighted by atomic mass is 16.5. The zero-order chi connectivity index (χ0) is 19.8. The molecule has 1 heterocycles. The number of β-amino-alcohol motifs (C(OH)–C–C–N with tert-alkyl or cyclic N) is 1. The van der Waals surface area contributed by atoms with Crippen LogP contribution in [0.15, 0.2) is 47.5 Å². The summed E-state index contributed by atoms with van der Waals surface area (Å²) in [5, 5.41) is 19.8. The zero-order valence-corrected chi connectivity index (χ0v) is 16.9. The SMILES string of the molecule is CCNC(=NCc1ccc2ccccc2c1)NCC(C)(O)CN1CCOCC1. The number of aliphatic hydroxyl groups is 1. The topological polar surface area (TPSA) is 69.1 Å². The van der Waals surface area contributed by atoms with Crippen molar-refractivity contribution in [2.24, 2.45) is 4.99 Å². The molecule has 1 aliphatic rings. The zero-order valence-electron chi connectivity index (χ0n) is 16.9. The molecule has 1 unspecified atom stereocenters. The summed E-state index contributed by atoms with van der Waals surface area (Å²) in [6.07, 6.45) is 0. The summed E-state index contributed by atoms with van der Waals surface area (Å²) >= 11 is 0. The summed E-state index contributed by atoms with van der Waals surface area (Å²) in [5.74, 6) is 0.720. The first-order valence-electron chi connectivity index (χ1n) is 10.1. The van der Waals surface area contributed by atoms with E-state index in [0.29, 0.717) is 19.6 Å². The number of aliphatic imine (C=N–C) groups is 1. The number of ether oxygens (including phenoxy) is 1. The fraction of sp³-hybridized carbons (Fsp3) is 0.500. The third-order valence-corrected chi connectivity index (χ3v) is 4.88. The molecule has 28 heavy (non-hydrogen) atoms. The van der Waals surface area contributed by atoms with Gasteiger partial charge in [0.2, 0.25) is 0 Å². The number of benzene rings is 2. The van der Waals surface area contributed by atoms with Crippen LogP contribution in [0.2, 0.25) is 0 Å². The number of rotatable bonds is 7. The van der Waals surface area contributed by atoms with E-state index in [2.05, 4.69) is 58.0 Å². The molecule has 0 saturated carbocycles. The molecule has 0 amide bonds. The quantitative estimate of drug-likeness (QED) is 0.503. The molecule has 0 aliphatic carbocycles. The van der Waals surface area contributed by atoms with Crippen molar-refractivity contribution >= 4 is 16.7 Å². The maximum atomic E-state index is 10.8. The maximum Gasteiger partial charge on any atom is 0.191 e. The Hall–Kier alpha value is -2.15. The molecule has 1 atom stereocenters. The molecule has 152 valence electrons. The van der Waals surface area contributed by atoms with Gasteiger partial charge in [0.05, 0.1) is 25.4 Å². The second-order valence-electron chi connectivity index (χ2n) is 7.62. The van der Waals surface area contributed by atoms with Crippen LogP contribution in [0.3, 0.4) is 0 Å². The minimum atomic E-state index is -0.837. The maximum absolute atomic E-state index is 10.8. The van der Waals surface area contributed by atoms with E-state index in [1.165, 1.54) is 10.8 Å². The number of morpholine rings is 1. The highest BCUT2D eigenvalue weighted by molar-refractivity contribution is 5.83. The van der Waals surface area contributed by atoms with Gasteiger partial charge in [-0.1, -0.05) is 36.4 Å². The van der Waals surface area contributed by atoms with E-state index in [9.17, 15) is 5.11 Å². The van der Waals surface area contributed by atoms with E-state index in [0.717, 1.165) is 44.4 Å². The van der Waals surface area contributed by atoms with Gasteiger partial charge in [-0.3, -0.25) is 4.90 Å².